The highest BCUT2D eigenvalue weighted by molar-refractivity contribution is 5.87. The minimum absolute atomic E-state index is 0.00141. The number of piperidine rings is 1. The minimum atomic E-state index is -1.21. The molecule has 3 amide bonds. The normalized spacial score (nSPS) is 24.9. The number of likely N-dealkylation sites (tertiary alicyclic amines) is 1. The van der Waals surface area contributed by atoms with Gasteiger partial charge in [-0.1, -0.05) is 0 Å². The zero-order valence-corrected chi connectivity index (χ0v) is 12.5. The number of hydrogen-bond acceptors (Lipinski definition) is 3. The van der Waals surface area contributed by atoms with Gasteiger partial charge in [-0.2, -0.15) is 0 Å². The lowest BCUT2D eigenvalue weighted by molar-refractivity contribution is -0.144. The average Bonchev–Trinajstić information content (AvgIpc) is 3.31. The second-order valence-corrected chi connectivity index (χ2v) is 6.11. The first kappa shape index (κ1) is 15.6. The molecule has 0 aromatic rings. The van der Waals surface area contributed by atoms with Crippen molar-refractivity contribution in [2.45, 2.75) is 38.1 Å². The molecule has 21 heavy (non-hydrogen) atoms. The molecule has 1 saturated heterocycles. The van der Waals surface area contributed by atoms with Gasteiger partial charge in [0.25, 0.3) is 0 Å². The molecule has 0 aromatic heterocycles. The molecule has 1 aliphatic heterocycles. The number of carboxylic acids is 1. The van der Waals surface area contributed by atoms with Crippen LogP contribution in [0.4, 0.5) is 4.79 Å². The predicted molar refractivity (Wildman–Crippen MR) is 75.7 cm³/mol. The fraction of sp³-hybridized carbons (Fsp3) is 0.786. The molecule has 0 spiro atoms. The molecule has 2 aliphatic rings. The van der Waals surface area contributed by atoms with E-state index in [0.717, 1.165) is 25.7 Å². The third-order valence-corrected chi connectivity index (χ3v) is 4.53. The van der Waals surface area contributed by atoms with Crippen molar-refractivity contribution in [1.29, 1.82) is 0 Å². The summed E-state index contributed by atoms with van der Waals surface area (Å²) in [6.07, 6.45) is 3.15. The maximum absolute atomic E-state index is 12.3. The Kier molecular flexibility index (Phi) is 4.39. The Balaban J connectivity index is 1.99. The summed E-state index contributed by atoms with van der Waals surface area (Å²) in [5.74, 6) is -1.29. The molecule has 0 aromatic carbocycles. The molecule has 3 N–H and O–H groups in total. The molecule has 7 nitrogen and oxygen atoms in total. The highest BCUT2D eigenvalue weighted by Gasteiger charge is 2.49. The summed E-state index contributed by atoms with van der Waals surface area (Å²) in [6.45, 7) is 2.46. The Morgan fingerprint density at radius 2 is 1.90 bits per heavy atom. The van der Waals surface area contributed by atoms with E-state index in [1.54, 1.807) is 18.9 Å². The van der Waals surface area contributed by atoms with Crippen LogP contribution in [0.5, 0.6) is 0 Å². The van der Waals surface area contributed by atoms with Gasteiger partial charge in [0.2, 0.25) is 5.91 Å². The fourth-order valence-electron chi connectivity index (χ4n) is 2.87. The largest absolute Gasteiger partial charge is 0.480 e. The number of hydrogen-bond donors (Lipinski definition) is 3. The van der Waals surface area contributed by atoms with Crippen molar-refractivity contribution in [3.05, 3.63) is 0 Å². The number of nitrogens with zero attached hydrogens (tertiary/aromatic N) is 1. The highest BCUT2D eigenvalue weighted by Crippen LogP contribution is 2.39. The van der Waals surface area contributed by atoms with E-state index >= 15 is 0 Å². The van der Waals surface area contributed by atoms with Gasteiger partial charge in [0.15, 0.2) is 0 Å². The lowest BCUT2D eigenvalue weighted by Crippen LogP contribution is -2.59. The summed E-state index contributed by atoms with van der Waals surface area (Å²) >= 11 is 0. The number of rotatable bonds is 4. The summed E-state index contributed by atoms with van der Waals surface area (Å²) in [5.41, 5.74) is -1.21. The molecule has 1 aliphatic carbocycles. The van der Waals surface area contributed by atoms with Crippen LogP contribution in [-0.4, -0.2) is 53.6 Å². The van der Waals surface area contributed by atoms with Crippen LogP contribution >= 0.6 is 0 Å². The monoisotopic (exact) mass is 297 g/mol. The van der Waals surface area contributed by atoms with Crippen LogP contribution in [0.25, 0.3) is 0 Å². The van der Waals surface area contributed by atoms with Crippen LogP contribution in [0.2, 0.25) is 0 Å². The molecule has 2 rings (SSSR count). The van der Waals surface area contributed by atoms with E-state index in [1.165, 1.54) is 0 Å². The molecule has 2 atom stereocenters. The molecule has 0 bridgehead atoms. The summed E-state index contributed by atoms with van der Waals surface area (Å²) in [5, 5.41) is 14.6. The second kappa shape index (κ2) is 5.91. The first-order chi connectivity index (χ1) is 9.88. The minimum Gasteiger partial charge on any atom is -0.480 e. The van der Waals surface area contributed by atoms with Gasteiger partial charge in [-0.05, 0) is 38.5 Å². The van der Waals surface area contributed by atoms with Gasteiger partial charge in [-0.3, -0.25) is 4.79 Å². The summed E-state index contributed by atoms with van der Waals surface area (Å²) in [4.78, 5) is 37.0. The van der Waals surface area contributed by atoms with Gasteiger partial charge in [0, 0.05) is 20.1 Å². The van der Waals surface area contributed by atoms with E-state index in [-0.39, 0.29) is 23.8 Å². The van der Waals surface area contributed by atoms with Crippen LogP contribution in [0.15, 0.2) is 0 Å². The number of aliphatic carboxylic acids is 1. The molecule has 2 unspecified atom stereocenters. The van der Waals surface area contributed by atoms with E-state index in [0.29, 0.717) is 13.1 Å². The number of carboxylic acid groups (broad SMARTS) is 1. The lowest BCUT2D eigenvalue weighted by atomic mass is 9.95. The van der Waals surface area contributed by atoms with Gasteiger partial charge in [0.05, 0.1) is 5.92 Å². The van der Waals surface area contributed by atoms with Gasteiger partial charge in [-0.25, -0.2) is 9.59 Å². The highest BCUT2D eigenvalue weighted by atomic mass is 16.4. The van der Waals surface area contributed by atoms with Crippen LogP contribution in [0.3, 0.4) is 0 Å². The van der Waals surface area contributed by atoms with Gasteiger partial charge < -0.3 is 20.6 Å². The predicted octanol–water partition coefficient (Wildman–Crippen LogP) is 0.407. The first-order valence-corrected chi connectivity index (χ1v) is 7.40. The quantitative estimate of drug-likeness (QED) is 0.700. The van der Waals surface area contributed by atoms with Gasteiger partial charge in [-0.15, -0.1) is 0 Å². The third kappa shape index (κ3) is 3.28. The van der Waals surface area contributed by atoms with Crippen LogP contribution < -0.4 is 10.6 Å². The van der Waals surface area contributed by atoms with Crippen molar-refractivity contribution in [1.82, 2.24) is 15.5 Å². The smallest absolute Gasteiger partial charge is 0.329 e. The van der Waals surface area contributed by atoms with Crippen LogP contribution in [0, 0.1) is 11.8 Å². The van der Waals surface area contributed by atoms with Gasteiger partial charge >= 0.3 is 12.0 Å². The number of nitrogens with one attached hydrogen (secondary N) is 2. The standard InChI is InChI=1S/C14H23N3O4/c1-14(12(19)20,10-5-6-10)16-13(21)17-7-3-4-9(8-17)11(18)15-2/h9-10H,3-8H2,1-2H3,(H,15,18)(H,16,21)(H,19,20). The van der Waals surface area contributed by atoms with Crippen molar-refractivity contribution in [3.8, 4) is 0 Å². The van der Waals surface area contributed by atoms with E-state index in [2.05, 4.69) is 10.6 Å². The maximum Gasteiger partial charge on any atom is 0.329 e. The number of amides is 3. The number of carbonyl (C=O) groups is 3. The van der Waals surface area contributed by atoms with Crippen LogP contribution in [-0.2, 0) is 9.59 Å². The van der Waals surface area contributed by atoms with E-state index in [9.17, 15) is 19.5 Å². The molecular formula is C14H23N3O4. The Bertz CT molecular complexity index is 450. The molecular weight excluding hydrogens is 274 g/mol. The van der Waals surface area contributed by atoms with Crippen molar-refractivity contribution in [3.63, 3.8) is 0 Å². The number of urea groups is 1. The molecule has 1 heterocycles. The van der Waals surface area contributed by atoms with Crippen LogP contribution in [0.1, 0.15) is 32.6 Å². The zero-order chi connectivity index (χ0) is 15.6. The molecule has 1 saturated carbocycles. The maximum atomic E-state index is 12.3. The molecule has 7 heteroatoms. The van der Waals surface area contributed by atoms with Crippen molar-refractivity contribution < 1.29 is 19.5 Å². The lowest BCUT2D eigenvalue weighted by Gasteiger charge is -2.35. The molecule has 2 fully saturated rings. The Labute approximate surface area is 124 Å². The SMILES string of the molecule is CNC(=O)C1CCCN(C(=O)NC(C)(C(=O)O)C2CC2)C1. The average molecular weight is 297 g/mol. The zero-order valence-electron chi connectivity index (χ0n) is 12.5. The number of carbonyl (C=O) groups excluding carboxylic acids is 2. The molecule has 118 valence electrons. The summed E-state index contributed by atoms with van der Waals surface area (Å²) < 4.78 is 0. The topological polar surface area (TPSA) is 98.7 Å². The van der Waals surface area contributed by atoms with Crippen molar-refractivity contribution >= 4 is 17.9 Å². The van der Waals surface area contributed by atoms with E-state index in [1.807, 2.05) is 0 Å². The summed E-state index contributed by atoms with van der Waals surface area (Å²) in [6, 6.07) is -0.389. The van der Waals surface area contributed by atoms with Crippen molar-refractivity contribution in [2.24, 2.45) is 11.8 Å². The fourth-order valence-corrected chi connectivity index (χ4v) is 2.87. The van der Waals surface area contributed by atoms with Gasteiger partial charge in [0.1, 0.15) is 5.54 Å². The third-order valence-electron chi connectivity index (χ3n) is 4.53. The van der Waals surface area contributed by atoms with E-state index < -0.39 is 11.5 Å². The second-order valence-electron chi connectivity index (χ2n) is 6.11. The Morgan fingerprint density at radius 3 is 2.43 bits per heavy atom. The van der Waals surface area contributed by atoms with E-state index in [4.69, 9.17) is 0 Å². The Morgan fingerprint density at radius 1 is 1.24 bits per heavy atom. The van der Waals surface area contributed by atoms with Crippen molar-refractivity contribution in [2.75, 3.05) is 20.1 Å². The summed E-state index contributed by atoms with van der Waals surface area (Å²) in [7, 11) is 1.58. The molecule has 0 radical (unpaired) electrons. The first-order valence-electron chi connectivity index (χ1n) is 7.40. The Hall–Kier alpha value is -1.79.